The third-order valence-electron chi connectivity index (χ3n) is 6.07. The number of nitrogens with zero attached hydrogens (tertiary/aromatic N) is 6. The van der Waals surface area contributed by atoms with Gasteiger partial charge < -0.3 is 10.3 Å². The first-order valence-electron chi connectivity index (χ1n) is 10.9. The molecule has 1 aliphatic carbocycles. The molecule has 4 aromatic heterocycles. The molecule has 0 bridgehead atoms. The van der Waals surface area contributed by atoms with Crippen LogP contribution in [0.15, 0.2) is 31.0 Å². The summed E-state index contributed by atoms with van der Waals surface area (Å²) < 4.78 is 15.0. The summed E-state index contributed by atoms with van der Waals surface area (Å²) in [7, 11) is 0. The summed E-state index contributed by atoms with van der Waals surface area (Å²) in [6, 6.07) is 2.15. The quantitative estimate of drug-likeness (QED) is 0.487. The highest BCUT2D eigenvalue weighted by Gasteiger charge is 2.25. The van der Waals surface area contributed by atoms with Gasteiger partial charge in [-0.1, -0.05) is 6.42 Å². The van der Waals surface area contributed by atoms with E-state index in [4.69, 9.17) is 0 Å². The molecule has 9 heteroatoms. The van der Waals surface area contributed by atoms with E-state index in [-0.39, 0.29) is 11.9 Å². The number of hydrogen-bond acceptors (Lipinski definition) is 7. The number of aromatic nitrogens is 7. The fourth-order valence-electron chi connectivity index (χ4n) is 4.50. The average Bonchev–Trinajstić information content (AvgIpc) is 3.21. The molecule has 32 heavy (non-hydrogen) atoms. The maximum atomic E-state index is 15.0. The van der Waals surface area contributed by atoms with Crippen molar-refractivity contribution in [1.29, 1.82) is 0 Å². The number of H-pyrrole nitrogens is 1. The van der Waals surface area contributed by atoms with Crippen molar-refractivity contribution in [3.8, 4) is 11.4 Å². The van der Waals surface area contributed by atoms with Gasteiger partial charge in [0.25, 0.3) is 0 Å². The second-order valence-corrected chi connectivity index (χ2v) is 8.48. The van der Waals surface area contributed by atoms with E-state index in [1.807, 2.05) is 13.0 Å². The van der Waals surface area contributed by atoms with Crippen molar-refractivity contribution in [3.05, 3.63) is 53.9 Å². The molecular formula is C23H25FN8. The number of aryl methyl sites for hydroxylation is 2. The zero-order chi connectivity index (χ0) is 22.1. The van der Waals surface area contributed by atoms with E-state index >= 15 is 0 Å². The van der Waals surface area contributed by atoms with Crippen molar-refractivity contribution < 1.29 is 4.39 Å². The van der Waals surface area contributed by atoms with Crippen LogP contribution in [0.1, 0.15) is 42.8 Å². The predicted octanol–water partition coefficient (Wildman–Crippen LogP) is 4.17. The second-order valence-electron chi connectivity index (χ2n) is 8.48. The third kappa shape index (κ3) is 4.15. The lowest BCUT2D eigenvalue weighted by Gasteiger charge is -2.29. The van der Waals surface area contributed by atoms with Crippen LogP contribution in [0.4, 0.5) is 10.3 Å². The van der Waals surface area contributed by atoms with Crippen LogP contribution in [0.5, 0.6) is 0 Å². The molecule has 5 rings (SSSR count). The molecule has 0 aromatic carbocycles. The smallest absolute Gasteiger partial charge is 0.223 e. The van der Waals surface area contributed by atoms with Gasteiger partial charge in [-0.05, 0) is 51.5 Å². The Hall–Kier alpha value is -3.49. The van der Waals surface area contributed by atoms with Gasteiger partial charge in [0.05, 0.1) is 11.4 Å². The largest absolute Gasteiger partial charge is 0.351 e. The lowest BCUT2D eigenvalue weighted by molar-refractivity contribution is 0.327. The highest BCUT2D eigenvalue weighted by atomic mass is 19.1. The number of rotatable bonds is 5. The Morgan fingerprint density at radius 1 is 1.16 bits per heavy atom. The van der Waals surface area contributed by atoms with Crippen LogP contribution in [0.25, 0.3) is 22.4 Å². The van der Waals surface area contributed by atoms with Crippen LogP contribution in [0, 0.1) is 25.6 Å². The monoisotopic (exact) mass is 432 g/mol. The fourth-order valence-corrected chi connectivity index (χ4v) is 4.50. The Morgan fingerprint density at radius 2 is 2.06 bits per heavy atom. The van der Waals surface area contributed by atoms with E-state index in [0.717, 1.165) is 42.3 Å². The summed E-state index contributed by atoms with van der Waals surface area (Å²) in [4.78, 5) is 29.2. The number of hydrogen-bond donors (Lipinski definition) is 2. The van der Waals surface area contributed by atoms with E-state index in [1.165, 1.54) is 6.33 Å². The van der Waals surface area contributed by atoms with Gasteiger partial charge in [0.1, 0.15) is 12.0 Å². The van der Waals surface area contributed by atoms with Crippen molar-refractivity contribution in [1.82, 2.24) is 34.9 Å². The number of anilines is 1. The van der Waals surface area contributed by atoms with Gasteiger partial charge in [-0.2, -0.15) is 0 Å². The number of aromatic amines is 1. The molecular weight excluding hydrogens is 407 g/mol. The zero-order valence-electron chi connectivity index (χ0n) is 18.1. The maximum absolute atomic E-state index is 15.0. The van der Waals surface area contributed by atoms with Crippen molar-refractivity contribution in [3.63, 3.8) is 0 Å². The molecule has 1 fully saturated rings. The van der Waals surface area contributed by atoms with Gasteiger partial charge in [0.2, 0.25) is 5.95 Å². The Bertz CT molecular complexity index is 1250. The standard InChI is InChI=1S/C23H25FN8/c1-13-6-7-26-23(29-13)31-16-5-3-4-15(8-16)9-19-20(24)14(2)30-22(32-19)18-11-27-21-17(18)10-25-12-28-21/h6-7,10-12,15-16H,3-5,8-9H2,1-2H3,(H,25,27,28)(H,26,29,31)/t15-,16+/m1/s1. The molecule has 164 valence electrons. The number of fused-ring (bicyclic) bond motifs is 1. The van der Waals surface area contributed by atoms with Gasteiger partial charge in [-0.25, -0.2) is 34.3 Å². The minimum Gasteiger partial charge on any atom is -0.351 e. The van der Waals surface area contributed by atoms with Crippen molar-refractivity contribution in [2.75, 3.05) is 5.32 Å². The normalized spacial score (nSPS) is 18.7. The molecule has 0 saturated heterocycles. The van der Waals surface area contributed by atoms with Gasteiger partial charge in [-0.3, -0.25) is 0 Å². The van der Waals surface area contributed by atoms with Gasteiger partial charge in [0.15, 0.2) is 11.6 Å². The summed E-state index contributed by atoms with van der Waals surface area (Å²) in [6.45, 7) is 3.64. The molecule has 2 atom stereocenters. The molecule has 4 heterocycles. The van der Waals surface area contributed by atoms with Gasteiger partial charge in [-0.15, -0.1) is 0 Å². The predicted molar refractivity (Wildman–Crippen MR) is 119 cm³/mol. The SMILES string of the molecule is Cc1ccnc(N[C@H]2CCC[C@@H](Cc3nc(-c4c[nH]c5ncncc45)nc(C)c3F)C2)n1. The Kier molecular flexibility index (Phi) is 5.46. The van der Waals surface area contributed by atoms with E-state index in [9.17, 15) is 4.39 Å². The molecule has 1 aliphatic rings. The Labute approximate surface area is 185 Å². The molecule has 2 N–H and O–H groups in total. The van der Waals surface area contributed by atoms with Crippen LogP contribution < -0.4 is 5.32 Å². The summed E-state index contributed by atoms with van der Waals surface area (Å²) >= 11 is 0. The van der Waals surface area contributed by atoms with Gasteiger partial charge >= 0.3 is 0 Å². The van der Waals surface area contributed by atoms with Crippen LogP contribution >= 0.6 is 0 Å². The zero-order valence-corrected chi connectivity index (χ0v) is 18.1. The fraction of sp³-hybridized carbons (Fsp3) is 0.391. The highest BCUT2D eigenvalue weighted by Crippen LogP contribution is 2.31. The van der Waals surface area contributed by atoms with Crippen molar-refractivity contribution >= 4 is 17.0 Å². The Morgan fingerprint density at radius 3 is 2.94 bits per heavy atom. The number of nitrogens with one attached hydrogen (secondary N) is 2. The van der Waals surface area contributed by atoms with Gasteiger partial charge in [0, 0.05) is 41.3 Å². The maximum Gasteiger partial charge on any atom is 0.223 e. The summed E-state index contributed by atoms with van der Waals surface area (Å²) in [5, 5.41) is 4.27. The lowest BCUT2D eigenvalue weighted by Crippen LogP contribution is -2.29. The third-order valence-corrected chi connectivity index (χ3v) is 6.07. The van der Waals surface area contributed by atoms with E-state index in [1.54, 1.807) is 25.5 Å². The first-order chi connectivity index (χ1) is 15.6. The van der Waals surface area contributed by atoms with Crippen LogP contribution in [0.2, 0.25) is 0 Å². The molecule has 0 amide bonds. The molecule has 0 spiro atoms. The molecule has 1 saturated carbocycles. The summed E-state index contributed by atoms with van der Waals surface area (Å²) in [5.74, 6) is 1.16. The van der Waals surface area contributed by atoms with Crippen molar-refractivity contribution in [2.45, 2.75) is 52.0 Å². The van der Waals surface area contributed by atoms with E-state index < -0.39 is 0 Å². The van der Waals surface area contributed by atoms with E-state index in [2.05, 4.69) is 40.2 Å². The Balaban J connectivity index is 1.36. The summed E-state index contributed by atoms with van der Waals surface area (Å²) in [5.41, 5.74) is 3.25. The summed E-state index contributed by atoms with van der Waals surface area (Å²) in [6.07, 6.45) is 11.5. The molecule has 8 nitrogen and oxygen atoms in total. The minimum absolute atomic E-state index is 0.270. The highest BCUT2D eigenvalue weighted by molar-refractivity contribution is 5.90. The first-order valence-corrected chi connectivity index (χ1v) is 10.9. The molecule has 4 aromatic rings. The van der Waals surface area contributed by atoms with E-state index in [0.29, 0.717) is 41.1 Å². The second kappa shape index (κ2) is 8.57. The number of halogens is 1. The lowest BCUT2D eigenvalue weighted by atomic mass is 9.83. The topological polar surface area (TPSA) is 105 Å². The minimum atomic E-state index is -0.318. The van der Waals surface area contributed by atoms with Crippen LogP contribution in [-0.2, 0) is 6.42 Å². The average molecular weight is 433 g/mol. The van der Waals surface area contributed by atoms with Crippen molar-refractivity contribution in [2.24, 2.45) is 5.92 Å². The van der Waals surface area contributed by atoms with Crippen LogP contribution in [-0.4, -0.2) is 40.9 Å². The molecule has 0 radical (unpaired) electrons. The molecule has 0 aliphatic heterocycles. The first kappa shape index (κ1) is 20.4. The van der Waals surface area contributed by atoms with Crippen LogP contribution in [0.3, 0.4) is 0 Å². The molecule has 0 unspecified atom stereocenters.